The van der Waals surface area contributed by atoms with E-state index in [4.69, 9.17) is 4.42 Å². The summed E-state index contributed by atoms with van der Waals surface area (Å²) in [6, 6.07) is 0. The van der Waals surface area contributed by atoms with Gasteiger partial charge < -0.3 is 9.73 Å². The molecule has 1 N–H and O–H groups in total. The molecule has 0 bridgehead atoms. The van der Waals surface area contributed by atoms with Crippen molar-refractivity contribution < 1.29 is 4.42 Å². The van der Waals surface area contributed by atoms with E-state index in [9.17, 15) is 0 Å². The van der Waals surface area contributed by atoms with Gasteiger partial charge in [0.15, 0.2) is 5.89 Å². The molecule has 1 aromatic heterocycles. The molecule has 0 radical (unpaired) electrons. The van der Waals surface area contributed by atoms with E-state index in [0.29, 0.717) is 5.92 Å². The molecule has 1 heterocycles. The first-order valence-corrected chi connectivity index (χ1v) is 7.09. The van der Waals surface area contributed by atoms with Crippen LogP contribution in [-0.2, 0) is 12.8 Å². The van der Waals surface area contributed by atoms with Crippen molar-refractivity contribution in [2.24, 2.45) is 5.92 Å². The topological polar surface area (TPSA) is 38.1 Å². The molecule has 0 saturated heterocycles. The van der Waals surface area contributed by atoms with Crippen LogP contribution in [0.5, 0.6) is 0 Å². The van der Waals surface area contributed by atoms with Crippen LogP contribution >= 0.6 is 0 Å². The predicted octanol–water partition coefficient (Wildman–Crippen LogP) is 3.58. The third-order valence-electron chi connectivity index (χ3n) is 3.07. The van der Waals surface area contributed by atoms with Crippen LogP contribution in [0.3, 0.4) is 0 Å². The van der Waals surface area contributed by atoms with E-state index < -0.39 is 0 Å². The fraction of sp³-hybridized carbons (Fsp3) is 0.800. The molecule has 18 heavy (non-hydrogen) atoms. The zero-order valence-corrected chi connectivity index (χ0v) is 12.5. The second-order valence-electron chi connectivity index (χ2n) is 6.22. The Hall–Kier alpha value is -0.830. The molecule has 0 spiro atoms. The summed E-state index contributed by atoms with van der Waals surface area (Å²) >= 11 is 0. The van der Waals surface area contributed by atoms with Gasteiger partial charge in [-0.3, -0.25) is 0 Å². The Morgan fingerprint density at radius 2 is 2.11 bits per heavy atom. The highest BCUT2D eigenvalue weighted by Gasteiger charge is 2.09. The lowest BCUT2D eigenvalue weighted by Gasteiger charge is -2.20. The molecule has 0 aliphatic heterocycles. The summed E-state index contributed by atoms with van der Waals surface area (Å²) in [6.45, 7) is 12.0. The maximum atomic E-state index is 5.75. The van der Waals surface area contributed by atoms with Crippen molar-refractivity contribution in [1.82, 2.24) is 10.3 Å². The van der Waals surface area contributed by atoms with E-state index in [1.54, 1.807) is 0 Å². The zero-order chi connectivity index (χ0) is 13.6. The maximum absolute atomic E-state index is 5.75. The number of oxazole rings is 1. The third-order valence-corrected chi connectivity index (χ3v) is 3.07. The molecule has 0 aromatic carbocycles. The second-order valence-corrected chi connectivity index (χ2v) is 6.22. The largest absolute Gasteiger partial charge is 0.446 e. The molecule has 3 heteroatoms. The molecule has 1 atom stereocenters. The normalized spacial score (nSPS) is 13.8. The molecule has 1 rings (SSSR count). The van der Waals surface area contributed by atoms with E-state index >= 15 is 0 Å². The number of nitrogens with zero attached hydrogens (tertiary/aromatic N) is 1. The highest BCUT2D eigenvalue weighted by atomic mass is 16.4. The minimum absolute atomic E-state index is 0.193. The van der Waals surface area contributed by atoms with Crippen molar-refractivity contribution >= 4 is 0 Å². The predicted molar refractivity (Wildman–Crippen MR) is 75.7 cm³/mol. The molecular weight excluding hydrogens is 224 g/mol. The lowest BCUT2D eigenvalue weighted by molar-refractivity contribution is 0.396. The van der Waals surface area contributed by atoms with Gasteiger partial charge in [-0.05, 0) is 39.7 Å². The van der Waals surface area contributed by atoms with Gasteiger partial charge in [-0.1, -0.05) is 20.3 Å². The van der Waals surface area contributed by atoms with Gasteiger partial charge in [0.1, 0.15) is 5.76 Å². The van der Waals surface area contributed by atoms with E-state index in [1.165, 1.54) is 6.42 Å². The number of aromatic nitrogens is 1. The van der Waals surface area contributed by atoms with Crippen molar-refractivity contribution in [3.05, 3.63) is 17.8 Å². The van der Waals surface area contributed by atoms with Gasteiger partial charge >= 0.3 is 0 Å². The monoisotopic (exact) mass is 252 g/mol. The van der Waals surface area contributed by atoms with E-state index in [1.807, 2.05) is 6.20 Å². The van der Waals surface area contributed by atoms with Gasteiger partial charge in [-0.25, -0.2) is 4.98 Å². The number of hydrogen-bond donors (Lipinski definition) is 1. The molecule has 0 aliphatic rings. The fourth-order valence-corrected chi connectivity index (χ4v) is 1.75. The van der Waals surface area contributed by atoms with Gasteiger partial charge in [-0.15, -0.1) is 0 Å². The molecular formula is C15H28N2O. The lowest BCUT2D eigenvalue weighted by Crippen LogP contribution is -2.36. The van der Waals surface area contributed by atoms with Crippen LogP contribution in [0.4, 0.5) is 0 Å². The average Bonchev–Trinajstić information content (AvgIpc) is 2.71. The first-order valence-electron chi connectivity index (χ1n) is 7.09. The lowest BCUT2D eigenvalue weighted by atomic mass is 10.0. The summed E-state index contributed by atoms with van der Waals surface area (Å²) < 4.78 is 5.75. The van der Waals surface area contributed by atoms with Crippen molar-refractivity contribution in [2.45, 2.75) is 65.8 Å². The molecule has 104 valence electrons. The molecule has 3 nitrogen and oxygen atoms in total. The summed E-state index contributed by atoms with van der Waals surface area (Å²) in [5.41, 5.74) is 0.193. The highest BCUT2D eigenvalue weighted by Crippen LogP contribution is 2.13. The summed E-state index contributed by atoms with van der Waals surface area (Å²) in [6.07, 6.45) is 6.07. The quantitative estimate of drug-likeness (QED) is 0.754. The summed E-state index contributed by atoms with van der Waals surface area (Å²) in [5.74, 6) is 2.58. The van der Waals surface area contributed by atoms with Crippen molar-refractivity contribution in [2.75, 3.05) is 6.54 Å². The molecule has 1 aromatic rings. The maximum Gasteiger partial charge on any atom is 0.194 e. The van der Waals surface area contributed by atoms with E-state index in [2.05, 4.69) is 44.9 Å². The van der Waals surface area contributed by atoms with Gasteiger partial charge in [0.2, 0.25) is 0 Å². The molecule has 0 amide bonds. The van der Waals surface area contributed by atoms with Crippen molar-refractivity contribution in [1.29, 1.82) is 0 Å². The minimum atomic E-state index is 0.193. The summed E-state index contributed by atoms with van der Waals surface area (Å²) in [4.78, 5) is 4.34. The number of hydrogen-bond acceptors (Lipinski definition) is 3. The van der Waals surface area contributed by atoms with Crippen LogP contribution in [0.15, 0.2) is 10.6 Å². The highest BCUT2D eigenvalue weighted by molar-refractivity contribution is 4.95. The number of nitrogens with one attached hydrogen (secondary N) is 1. The van der Waals surface area contributed by atoms with Crippen LogP contribution < -0.4 is 5.32 Å². The van der Waals surface area contributed by atoms with Crippen molar-refractivity contribution in [3.8, 4) is 0 Å². The molecule has 1 unspecified atom stereocenters. The van der Waals surface area contributed by atoms with E-state index in [0.717, 1.165) is 37.5 Å². The standard InChI is InChI=1S/C15H28N2O/c1-6-12(2)10-13-11-16-14(18-13)8-7-9-17-15(3,4)5/h11-12,17H,6-10H2,1-5H3. The van der Waals surface area contributed by atoms with E-state index in [-0.39, 0.29) is 5.54 Å². The van der Waals surface area contributed by atoms with Gasteiger partial charge in [0, 0.05) is 18.4 Å². The van der Waals surface area contributed by atoms with Crippen LogP contribution in [0.25, 0.3) is 0 Å². The Morgan fingerprint density at radius 1 is 1.39 bits per heavy atom. The Labute approximate surface area is 111 Å². The Kier molecular flexibility index (Phi) is 5.86. The first-order chi connectivity index (χ1) is 8.40. The third kappa shape index (κ3) is 6.20. The Bertz CT molecular complexity index is 339. The molecule has 0 saturated carbocycles. The zero-order valence-electron chi connectivity index (χ0n) is 12.5. The smallest absolute Gasteiger partial charge is 0.194 e. The van der Waals surface area contributed by atoms with Crippen LogP contribution in [0.2, 0.25) is 0 Å². The number of aryl methyl sites for hydroxylation is 1. The van der Waals surface area contributed by atoms with Gasteiger partial charge in [0.25, 0.3) is 0 Å². The van der Waals surface area contributed by atoms with Crippen LogP contribution in [0, 0.1) is 5.92 Å². The van der Waals surface area contributed by atoms with Crippen molar-refractivity contribution in [3.63, 3.8) is 0 Å². The second kappa shape index (κ2) is 6.93. The number of rotatable bonds is 7. The minimum Gasteiger partial charge on any atom is -0.446 e. The molecule has 0 aliphatic carbocycles. The van der Waals surface area contributed by atoms with Gasteiger partial charge in [0.05, 0.1) is 6.20 Å². The first kappa shape index (κ1) is 15.2. The van der Waals surface area contributed by atoms with Crippen LogP contribution in [-0.4, -0.2) is 17.1 Å². The molecule has 0 fully saturated rings. The average molecular weight is 252 g/mol. The Morgan fingerprint density at radius 3 is 2.72 bits per heavy atom. The Balaban J connectivity index is 2.27. The fourth-order valence-electron chi connectivity index (χ4n) is 1.75. The summed E-state index contributed by atoms with van der Waals surface area (Å²) in [5, 5.41) is 3.47. The van der Waals surface area contributed by atoms with Crippen LogP contribution in [0.1, 0.15) is 59.1 Å². The van der Waals surface area contributed by atoms with Gasteiger partial charge in [-0.2, -0.15) is 0 Å². The summed E-state index contributed by atoms with van der Waals surface area (Å²) in [7, 11) is 0. The SMILES string of the molecule is CCC(C)Cc1cnc(CCCNC(C)(C)C)o1.